The highest BCUT2D eigenvalue weighted by Gasteiger charge is 2.56. The maximum Gasteiger partial charge on any atom is 0.269 e. The summed E-state index contributed by atoms with van der Waals surface area (Å²) >= 11 is 0. The van der Waals surface area contributed by atoms with Crippen LogP contribution in [-0.2, 0) is 29.1 Å². The first kappa shape index (κ1) is 22.5. The second kappa shape index (κ2) is 7.62. The Hall–Kier alpha value is -3.28. The first-order valence-corrected chi connectivity index (χ1v) is 12.2. The molecule has 10 nitrogen and oxygen atoms in total. The monoisotopic (exact) mass is 484 g/mol. The van der Waals surface area contributed by atoms with Crippen LogP contribution in [0.1, 0.15) is 19.4 Å². The molecular formula is C23H24N4O6S. The maximum absolute atomic E-state index is 13.3. The van der Waals surface area contributed by atoms with Gasteiger partial charge in [0.15, 0.2) is 17.5 Å². The summed E-state index contributed by atoms with van der Waals surface area (Å²) in [4.78, 5) is 31.4. The van der Waals surface area contributed by atoms with Gasteiger partial charge in [-0.1, -0.05) is 17.7 Å². The Bertz CT molecular complexity index is 1410. The summed E-state index contributed by atoms with van der Waals surface area (Å²) in [6, 6.07) is 10.5. The third-order valence-electron chi connectivity index (χ3n) is 6.02. The van der Waals surface area contributed by atoms with E-state index in [4.69, 9.17) is 9.47 Å². The van der Waals surface area contributed by atoms with Crippen LogP contribution in [0, 0.1) is 6.92 Å². The molecule has 3 atom stereocenters. The molecule has 4 heterocycles. The molecule has 2 aliphatic rings. The Morgan fingerprint density at radius 2 is 1.82 bits per heavy atom. The van der Waals surface area contributed by atoms with Crippen LogP contribution in [0.25, 0.3) is 11.0 Å². The molecule has 3 aromatic rings. The van der Waals surface area contributed by atoms with Gasteiger partial charge in [-0.25, -0.2) is 17.4 Å². The zero-order valence-electron chi connectivity index (χ0n) is 19.1. The summed E-state index contributed by atoms with van der Waals surface area (Å²) in [5.74, 6) is -1.61. The summed E-state index contributed by atoms with van der Waals surface area (Å²) < 4.78 is 39.0. The summed E-state index contributed by atoms with van der Waals surface area (Å²) in [6.45, 7) is 5.24. The molecule has 0 spiro atoms. The van der Waals surface area contributed by atoms with Crippen molar-refractivity contribution in [3.05, 3.63) is 54.2 Å². The van der Waals surface area contributed by atoms with Crippen LogP contribution < -0.4 is 10.2 Å². The summed E-state index contributed by atoms with van der Waals surface area (Å²) in [7, 11) is -2.38. The Balaban J connectivity index is 1.47. The summed E-state index contributed by atoms with van der Waals surface area (Å²) in [5.41, 5.74) is 1.13. The number of benzene rings is 1. The van der Waals surface area contributed by atoms with Crippen molar-refractivity contribution in [1.29, 1.82) is 0 Å². The van der Waals surface area contributed by atoms with Gasteiger partial charge in [0.1, 0.15) is 18.0 Å². The number of amides is 2. The molecule has 34 heavy (non-hydrogen) atoms. The van der Waals surface area contributed by atoms with Gasteiger partial charge in [0, 0.05) is 18.6 Å². The molecule has 178 valence electrons. The number of nitrogens with one attached hydrogen (secondary N) is 1. The smallest absolute Gasteiger partial charge is 0.269 e. The van der Waals surface area contributed by atoms with E-state index in [1.54, 1.807) is 56.3 Å². The van der Waals surface area contributed by atoms with Crippen LogP contribution in [0.15, 0.2) is 53.6 Å². The average molecular weight is 485 g/mol. The van der Waals surface area contributed by atoms with Crippen LogP contribution >= 0.6 is 0 Å². The molecule has 2 aromatic heterocycles. The molecule has 0 bridgehead atoms. The molecule has 1 aromatic carbocycles. The van der Waals surface area contributed by atoms with Crippen LogP contribution in [0.5, 0.6) is 0 Å². The predicted molar refractivity (Wildman–Crippen MR) is 123 cm³/mol. The molecule has 2 fully saturated rings. The minimum absolute atomic E-state index is 0.132. The fraction of sp³-hybridized carbons (Fsp3) is 0.348. The van der Waals surface area contributed by atoms with E-state index < -0.39 is 45.9 Å². The number of nitrogens with zero attached hydrogens (tertiary/aromatic N) is 3. The highest BCUT2D eigenvalue weighted by molar-refractivity contribution is 7.90. The quantitative estimate of drug-likeness (QED) is 0.597. The standard InChI is InChI=1S/C23H24N4O6S/c1-13-5-8-15(9-6-13)34(30,31)27-12-11-14-7-10-16(24-20(14)27)26(4)22(29)17-18-19(21(28)25-17)33-23(2,3)32-18/h5-12,17-19H,1-4H3,(H,25,28)/t17-,18-,19-/m0/s1. The highest BCUT2D eigenvalue weighted by atomic mass is 32.2. The van der Waals surface area contributed by atoms with Crippen LogP contribution in [0.4, 0.5) is 5.82 Å². The van der Waals surface area contributed by atoms with Gasteiger partial charge in [-0.3, -0.25) is 14.5 Å². The molecule has 0 saturated carbocycles. The SMILES string of the molecule is Cc1ccc(S(=O)(=O)n2ccc3ccc(N(C)C(=O)[C@H]4NC(=O)[C@H]5OC(C)(C)O[C@@H]45)nc32)cc1. The lowest BCUT2D eigenvalue weighted by atomic mass is 10.1. The van der Waals surface area contributed by atoms with Gasteiger partial charge in [-0.2, -0.15) is 0 Å². The van der Waals surface area contributed by atoms with Crippen LogP contribution in [0.3, 0.4) is 0 Å². The molecule has 2 saturated heterocycles. The lowest BCUT2D eigenvalue weighted by Gasteiger charge is -2.25. The first-order chi connectivity index (χ1) is 16.0. The van der Waals surface area contributed by atoms with E-state index in [0.717, 1.165) is 9.54 Å². The van der Waals surface area contributed by atoms with Crippen molar-refractivity contribution in [2.75, 3.05) is 11.9 Å². The van der Waals surface area contributed by atoms with Gasteiger partial charge in [-0.05, 0) is 51.1 Å². The first-order valence-electron chi connectivity index (χ1n) is 10.7. The number of pyridine rings is 1. The minimum atomic E-state index is -3.89. The third kappa shape index (κ3) is 3.56. The number of rotatable bonds is 4. The van der Waals surface area contributed by atoms with Crippen LogP contribution in [0.2, 0.25) is 0 Å². The van der Waals surface area contributed by atoms with E-state index in [0.29, 0.717) is 5.39 Å². The lowest BCUT2D eigenvalue weighted by molar-refractivity contribution is -0.164. The number of anilines is 1. The van der Waals surface area contributed by atoms with Crippen molar-refractivity contribution in [2.45, 2.75) is 49.7 Å². The van der Waals surface area contributed by atoms with Gasteiger partial charge in [0.05, 0.1) is 4.90 Å². The predicted octanol–water partition coefficient (Wildman–Crippen LogP) is 1.56. The number of aromatic nitrogens is 2. The van der Waals surface area contributed by atoms with Gasteiger partial charge in [-0.15, -0.1) is 0 Å². The van der Waals surface area contributed by atoms with E-state index in [1.807, 2.05) is 6.92 Å². The van der Waals surface area contributed by atoms with Crippen molar-refractivity contribution in [3.8, 4) is 0 Å². The Morgan fingerprint density at radius 3 is 2.53 bits per heavy atom. The van der Waals surface area contributed by atoms with Crippen LogP contribution in [-0.4, -0.2) is 60.3 Å². The Labute approximate surface area is 196 Å². The molecule has 5 rings (SSSR count). The Kier molecular flexibility index (Phi) is 5.04. The van der Waals surface area contributed by atoms with Gasteiger partial charge < -0.3 is 14.8 Å². The maximum atomic E-state index is 13.3. The molecule has 0 radical (unpaired) electrons. The fourth-order valence-corrected chi connectivity index (χ4v) is 5.56. The molecule has 2 amide bonds. The van der Waals surface area contributed by atoms with Crippen molar-refractivity contribution in [3.63, 3.8) is 0 Å². The third-order valence-corrected chi connectivity index (χ3v) is 7.70. The number of hydrogen-bond acceptors (Lipinski definition) is 7. The van der Waals surface area contributed by atoms with Gasteiger partial charge >= 0.3 is 0 Å². The number of hydrogen-bond donors (Lipinski definition) is 1. The normalized spacial score (nSPS) is 23.6. The second-order valence-electron chi connectivity index (χ2n) is 8.92. The zero-order chi connectivity index (χ0) is 24.4. The van der Waals surface area contributed by atoms with E-state index in [-0.39, 0.29) is 16.4 Å². The molecule has 11 heteroatoms. The minimum Gasteiger partial charge on any atom is -0.341 e. The number of fused-ring (bicyclic) bond motifs is 2. The molecule has 2 aliphatic heterocycles. The second-order valence-corrected chi connectivity index (χ2v) is 10.7. The molecule has 0 aliphatic carbocycles. The number of carbonyl (C=O) groups excluding carboxylic acids is 2. The van der Waals surface area contributed by atoms with E-state index in [9.17, 15) is 18.0 Å². The highest BCUT2D eigenvalue weighted by Crippen LogP contribution is 2.34. The van der Waals surface area contributed by atoms with Crippen molar-refractivity contribution >= 4 is 38.7 Å². The zero-order valence-corrected chi connectivity index (χ0v) is 19.9. The van der Waals surface area contributed by atoms with Crippen molar-refractivity contribution in [1.82, 2.24) is 14.3 Å². The average Bonchev–Trinajstić information content (AvgIpc) is 3.44. The van der Waals surface area contributed by atoms with Gasteiger partial charge in [0.25, 0.3) is 21.8 Å². The lowest BCUT2D eigenvalue weighted by Crippen LogP contribution is -2.49. The number of aryl methyl sites for hydroxylation is 1. The van der Waals surface area contributed by atoms with E-state index in [2.05, 4.69) is 10.3 Å². The topological polar surface area (TPSA) is 120 Å². The number of likely N-dealkylation sites (N-methyl/N-ethyl adjacent to an activating group) is 1. The molecule has 1 N–H and O–H groups in total. The Morgan fingerprint density at radius 1 is 1.12 bits per heavy atom. The van der Waals surface area contributed by atoms with Gasteiger partial charge in [0.2, 0.25) is 0 Å². The molecular weight excluding hydrogens is 460 g/mol. The largest absolute Gasteiger partial charge is 0.341 e. The number of ether oxygens (including phenoxy) is 2. The number of carbonyl (C=O) groups is 2. The summed E-state index contributed by atoms with van der Waals surface area (Å²) in [6.07, 6.45) is -0.205. The summed E-state index contributed by atoms with van der Waals surface area (Å²) in [5, 5.41) is 3.23. The molecule has 0 unspecified atom stereocenters. The fourth-order valence-electron chi connectivity index (χ4n) is 4.26. The van der Waals surface area contributed by atoms with E-state index >= 15 is 0 Å². The van der Waals surface area contributed by atoms with Crippen molar-refractivity contribution < 1.29 is 27.5 Å². The van der Waals surface area contributed by atoms with E-state index in [1.165, 1.54) is 18.1 Å². The van der Waals surface area contributed by atoms with Crippen molar-refractivity contribution in [2.24, 2.45) is 0 Å².